The SMILES string of the molecule is O=C(O)[C@H](Cc1ccc(O)cc1)N(I)C(=O)OCc1cccc2c1Cc1ccccc1-2. The number of aromatic hydroxyl groups is 1. The molecule has 0 radical (unpaired) electrons. The molecule has 4 rings (SSSR count). The van der Waals surface area contributed by atoms with Crippen LogP contribution in [-0.4, -0.2) is 31.4 Å². The molecule has 2 N–H and O–H groups in total. The molecule has 0 unspecified atom stereocenters. The summed E-state index contributed by atoms with van der Waals surface area (Å²) < 4.78 is 6.55. The molecular formula is C24H20INO5. The Bertz CT molecular complexity index is 1130. The summed E-state index contributed by atoms with van der Waals surface area (Å²) in [5.74, 6) is -1.03. The number of carbonyl (C=O) groups excluding carboxylic acids is 1. The summed E-state index contributed by atoms with van der Waals surface area (Å²) in [7, 11) is 0. The number of hydrogen-bond donors (Lipinski definition) is 2. The van der Waals surface area contributed by atoms with Gasteiger partial charge in [-0.1, -0.05) is 54.6 Å². The van der Waals surface area contributed by atoms with Crippen LogP contribution in [0.4, 0.5) is 4.79 Å². The van der Waals surface area contributed by atoms with Gasteiger partial charge in [-0.15, -0.1) is 0 Å². The molecule has 0 bridgehead atoms. The third kappa shape index (κ3) is 4.51. The van der Waals surface area contributed by atoms with E-state index in [1.807, 2.05) is 24.3 Å². The lowest BCUT2D eigenvalue weighted by atomic mass is 10.0. The van der Waals surface area contributed by atoms with Crippen molar-refractivity contribution >= 4 is 34.9 Å². The largest absolute Gasteiger partial charge is 0.508 e. The van der Waals surface area contributed by atoms with E-state index >= 15 is 0 Å². The minimum absolute atomic E-state index is 0.0705. The number of halogens is 1. The van der Waals surface area contributed by atoms with Crippen molar-refractivity contribution in [3.05, 3.63) is 89.0 Å². The van der Waals surface area contributed by atoms with E-state index in [1.165, 1.54) is 23.3 Å². The van der Waals surface area contributed by atoms with Gasteiger partial charge in [0.05, 0.1) is 22.9 Å². The molecule has 158 valence electrons. The van der Waals surface area contributed by atoms with Crippen molar-refractivity contribution in [2.75, 3.05) is 0 Å². The second kappa shape index (κ2) is 8.97. The summed E-state index contributed by atoms with van der Waals surface area (Å²) in [6.45, 7) is 0.0705. The molecule has 1 atom stereocenters. The third-order valence-corrected chi connectivity index (χ3v) is 6.46. The van der Waals surface area contributed by atoms with E-state index in [1.54, 1.807) is 35.0 Å². The zero-order valence-corrected chi connectivity index (χ0v) is 18.7. The Morgan fingerprint density at radius 1 is 1.00 bits per heavy atom. The highest BCUT2D eigenvalue weighted by Gasteiger charge is 2.30. The van der Waals surface area contributed by atoms with Gasteiger partial charge in [0, 0.05) is 6.42 Å². The second-order valence-electron chi connectivity index (χ2n) is 7.37. The van der Waals surface area contributed by atoms with Crippen molar-refractivity contribution in [1.82, 2.24) is 3.11 Å². The second-order valence-corrected chi connectivity index (χ2v) is 8.41. The Morgan fingerprint density at radius 3 is 2.45 bits per heavy atom. The van der Waals surface area contributed by atoms with Crippen LogP contribution in [0.25, 0.3) is 11.1 Å². The summed E-state index contributed by atoms with van der Waals surface area (Å²) in [5, 5.41) is 19.0. The van der Waals surface area contributed by atoms with Gasteiger partial charge < -0.3 is 14.9 Å². The highest BCUT2D eigenvalue weighted by atomic mass is 127. The van der Waals surface area contributed by atoms with Crippen LogP contribution in [0.15, 0.2) is 66.7 Å². The first-order valence-corrected chi connectivity index (χ1v) is 10.7. The first-order valence-electron chi connectivity index (χ1n) is 9.75. The number of phenolic OH excluding ortho intramolecular Hbond substituents is 1. The molecule has 1 amide bonds. The van der Waals surface area contributed by atoms with Crippen molar-refractivity contribution in [2.24, 2.45) is 0 Å². The van der Waals surface area contributed by atoms with Gasteiger partial charge in [0.25, 0.3) is 0 Å². The van der Waals surface area contributed by atoms with E-state index in [-0.39, 0.29) is 18.8 Å². The van der Waals surface area contributed by atoms with E-state index < -0.39 is 18.1 Å². The normalized spacial score (nSPS) is 12.5. The maximum Gasteiger partial charge on any atom is 0.419 e. The van der Waals surface area contributed by atoms with Crippen molar-refractivity contribution in [3.63, 3.8) is 0 Å². The number of nitrogens with zero attached hydrogens (tertiary/aromatic N) is 1. The molecule has 0 heterocycles. The van der Waals surface area contributed by atoms with Crippen molar-refractivity contribution < 1.29 is 24.5 Å². The lowest BCUT2D eigenvalue weighted by Crippen LogP contribution is -2.40. The van der Waals surface area contributed by atoms with Crippen LogP contribution in [0.3, 0.4) is 0 Å². The van der Waals surface area contributed by atoms with Gasteiger partial charge in [0.2, 0.25) is 0 Å². The van der Waals surface area contributed by atoms with Gasteiger partial charge in [-0.2, -0.15) is 0 Å². The number of phenols is 1. The predicted molar refractivity (Wildman–Crippen MR) is 124 cm³/mol. The predicted octanol–water partition coefficient (Wildman–Crippen LogP) is 4.95. The smallest absolute Gasteiger partial charge is 0.419 e. The third-order valence-electron chi connectivity index (χ3n) is 5.40. The molecule has 6 nitrogen and oxygen atoms in total. The van der Waals surface area contributed by atoms with Crippen molar-refractivity contribution in [3.8, 4) is 16.9 Å². The molecule has 1 aliphatic carbocycles. The van der Waals surface area contributed by atoms with Crippen molar-refractivity contribution in [1.29, 1.82) is 0 Å². The van der Waals surface area contributed by atoms with Gasteiger partial charge >= 0.3 is 12.1 Å². The molecule has 3 aromatic carbocycles. The monoisotopic (exact) mass is 529 g/mol. The topological polar surface area (TPSA) is 87.1 Å². The van der Waals surface area contributed by atoms with Crippen LogP contribution in [0.5, 0.6) is 5.75 Å². The maximum atomic E-state index is 12.6. The van der Waals surface area contributed by atoms with E-state index in [9.17, 15) is 19.8 Å². The lowest BCUT2D eigenvalue weighted by Gasteiger charge is -2.22. The Labute approximate surface area is 193 Å². The molecule has 0 spiro atoms. The minimum atomic E-state index is -1.13. The van der Waals surface area contributed by atoms with Crippen LogP contribution < -0.4 is 0 Å². The number of carbonyl (C=O) groups is 2. The van der Waals surface area contributed by atoms with Crippen LogP contribution in [0.1, 0.15) is 22.3 Å². The summed E-state index contributed by atoms with van der Waals surface area (Å²) in [4.78, 5) is 24.4. The number of rotatable bonds is 6. The Hall–Kier alpha value is -3.07. The maximum absolute atomic E-state index is 12.6. The fraction of sp³-hybridized carbons (Fsp3) is 0.167. The number of fused-ring (bicyclic) bond motifs is 3. The molecule has 7 heteroatoms. The quantitative estimate of drug-likeness (QED) is 0.273. The highest BCUT2D eigenvalue weighted by molar-refractivity contribution is 14.1. The number of hydrogen-bond acceptors (Lipinski definition) is 4. The molecule has 0 saturated heterocycles. The molecule has 3 aromatic rings. The van der Waals surface area contributed by atoms with Gasteiger partial charge in [0.1, 0.15) is 18.4 Å². The summed E-state index contributed by atoms with van der Waals surface area (Å²) >= 11 is 1.69. The van der Waals surface area contributed by atoms with E-state index in [0.717, 1.165) is 26.2 Å². The van der Waals surface area contributed by atoms with Crippen LogP contribution in [0.2, 0.25) is 0 Å². The highest BCUT2D eigenvalue weighted by Crippen LogP contribution is 2.38. The molecule has 1 aliphatic rings. The number of carboxylic acids is 1. The summed E-state index contributed by atoms with van der Waals surface area (Å²) in [6.07, 6.45) is 0.176. The standard InChI is InChI=1S/C24H20INO5/c25-26(22(23(28)29)12-15-8-10-18(27)11-9-15)24(30)31-14-17-5-3-7-20-19-6-2-1-4-16(19)13-21(17)20/h1-11,22,27H,12-14H2,(H,28,29)/t22-/m0/s1. The molecule has 0 aromatic heterocycles. The average molecular weight is 529 g/mol. The fourth-order valence-corrected chi connectivity index (χ4v) is 4.38. The van der Waals surface area contributed by atoms with Crippen molar-refractivity contribution in [2.45, 2.75) is 25.5 Å². The first kappa shape index (κ1) is 21.2. The van der Waals surface area contributed by atoms with E-state index in [2.05, 4.69) is 18.2 Å². The minimum Gasteiger partial charge on any atom is -0.508 e. The molecule has 31 heavy (non-hydrogen) atoms. The lowest BCUT2D eigenvalue weighted by molar-refractivity contribution is -0.140. The Kier molecular flexibility index (Phi) is 6.13. The van der Waals surface area contributed by atoms with Crippen LogP contribution in [0, 0.1) is 0 Å². The summed E-state index contributed by atoms with van der Waals surface area (Å²) in [5.41, 5.74) is 6.32. The number of carboxylic acid groups (broad SMARTS) is 1. The van der Waals surface area contributed by atoms with Gasteiger partial charge in [-0.25, -0.2) is 12.7 Å². The zero-order chi connectivity index (χ0) is 22.0. The number of benzene rings is 3. The molecule has 0 fully saturated rings. The van der Waals surface area contributed by atoms with Crippen LogP contribution >= 0.6 is 22.9 Å². The van der Waals surface area contributed by atoms with Crippen LogP contribution in [-0.2, 0) is 29.0 Å². The molecule has 0 saturated carbocycles. The number of ether oxygens (including phenoxy) is 1. The fourth-order valence-electron chi connectivity index (χ4n) is 3.81. The molecular weight excluding hydrogens is 509 g/mol. The number of amides is 1. The first-order chi connectivity index (χ1) is 14.9. The van der Waals surface area contributed by atoms with Gasteiger partial charge in [-0.05, 0) is 51.9 Å². The Balaban J connectivity index is 1.45. The molecule has 0 aliphatic heterocycles. The average Bonchev–Trinajstić information content (AvgIpc) is 3.15. The van der Waals surface area contributed by atoms with E-state index in [4.69, 9.17) is 4.74 Å². The van der Waals surface area contributed by atoms with Gasteiger partial charge in [-0.3, -0.25) is 0 Å². The van der Waals surface area contributed by atoms with Gasteiger partial charge in [0.15, 0.2) is 0 Å². The Morgan fingerprint density at radius 2 is 1.71 bits per heavy atom. The number of aliphatic carboxylic acids is 1. The summed E-state index contributed by atoms with van der Waals surface area (Å²) in [6, 6.07) is 19.3. The van der Waals surface area contributed by atoms with E-state index in [0.29, 0.717) is 5.56 Å². The zero-order valence-electron chi connectivity index (χ0n) is 16.5.